The van der Waals surface area contributed by atoms with Gasteiger partial charge in [-0.3, -0.25) is 0 Å². The Morgan fingerprint density at radius 1 is 1.42 bits per heavy atom. The highest BCUT2D eigenvalue weighted by molar-refractivity contribution is 9.10. The van der Waals surface area contributed by atoms with E-state index >= 15 is 0 Å². The fourth-order valence-corrected chi connectivity index (χ4v) is 0.892. The number of imidazole rings is 1. The van der Waals surface area contributed by atoms with Gasteiger partial charge in [0, 0.05) is 24.1 Å². The molecule has 0 unspecified atom stereocenters. The second kappa shape index (κ2) is 3.06. The summed E-state index contributed by atoms with van der Waals surface area (Å²) in [4.78, 5) is 9.94. The first-order valence-corrected chi connectivity index (χ1v) is 3.88. The Morgan fingerprint density at radius 3 is 3.08 bits per heavy atom. The standard InChI is InChI=1S/C8H6BrN3/c9-7-2-1-6(5-12-7)8-10-3-4-11-8/h1-5H,(H,10,11)/i1D,2D,3D,4D,5D. The molecule has 2 rings (SSSR count). The van der Waals surface area contributed by atoms with Crippen molar-refractivity contribution in [3.63, 3.8) is 0 Å². The Kier molecular flexibility index (Phi) is 0.945. The minimum atomic E-state index is -0.270. The quantitative estimate of drug-likeness (QED) is 0.762. The summed E-state index contributed by atoms with van der Waals surface area (Å²) in [5.74, 6) is 0.0449. The van der Waals surface area contributed by atoms with Crippen molar-refractivity contribution < 1.29 is 6.85 Å². The van der Waals surface area contributed by atoms with Gasteiger partial charge in [-0.2, -0.15) is 0 Å². The minimum absolute atomic E-state index is 0.0187. The number of hydrogen-bond donors (Lipinski definition) is 1. The molecule has 0 amide bonds. The van der Waals surface area contributed by atoms with Crippen LogP contribution in [0.25, 0.3) is 11.4 Å². The van der Waals surface area contributed by atoms with Gasteiger partial charge in [0.2, 0.25) is 0 Å². The van der Waals surface area contributed by atoms with Gasteiger partial charge in [0.15, 0.2) is 0 Å². The molecule has 1 N–H and O–H groups in total. The number of H-pyrrole nitrogens is 1. The molecule has 0 saturated heterocycles. The monoisotopic (exact) mass is 228 g/mol. The van der Waals surface area contributed by atoms with Gasteiger partial charge in [0.25, 0.3) is 0 Å². The van der Waals surface area contributed by atoms with Crippen LogP contribution in [-0.2, 0) is 0 Å². The molecule has 0 radical (unpaired) electrons. The van der Waals surface area contributed by atoms with Crippen molar-refractivity contribution in [2.45, 2.75) is 0 Å². The molecule has 0 aliphatic carbocycles. The van der Waals surface area contributed by atoms with E-state index in [-0.39, 0.29) is 46.6 Å². The van der Waals surface area contributed by atoms with Crippen LogP contribution in [0.3, 0.4) is 0 Å². The molecule has 0 spiro atoms. The molecule has 0 atom stereocenters. The summed E-state index contributed by atoms with van der Waals surface area (Å²) in [5, 5.41) is 0. The summed E-state index contributed by atoms with van der Waals surface area (Å²) < 4.78 is 37.7. The Balaban J connectivity index is 2.71. The topological polar surface area (TPSA) is 41.6 Å². The minimum Gasteiger partial charge on any atom is -0.345 e. The van der Waals surface area contributed by atoms with Gasteiger partial charge in [0.1, 0.15) is 10.4 Å². The van der Waals surface area contributed by atoms with Crippen LogP contribution in [0.1, 0.15) is 6.85 Å². The molecule has 60 valence electrons. The van der Waals surface area contributed by atoms with Gasteiger partial charge < -0.3 is 4.98 Å². The molecule has 3 nitrogen and oxygen atoms in total. The molecular formula is C8H6BrN3. The molecular weight excluding hydrogens is 218 g/mol. The smallest absolute Gasteiger partial charge is 0.138 e. The van der Waals surface area contributed by atoms with E-state index in [2.05, 4.69) is 30.9 Å². The third-order valence-electron chi connectivity index (χ3n) is 1.20. The van der Waals surface area contributed by atoms with Crippen LogP contribution in [0.15, 0.2) is 35.2 Å². The van der Waals surface area contributed by atoms with E-state index in [4.69, 9.17) is 6.85 Å². The Labute approximate surface area is 85.0 Å². The average molecular weight is 229 g/mol. The summed E-state index contributed by atoms with van der Waals surface area (Å²) in [5.41, 5.74) is 0.0187. The van der Waals surface area contributed by atoms with Crippen molar-refractivity contribution in [2.75, 3.05) is 0 Å². The van der Waals surface area contributed by atoms with Crippen LogP contribution in [0, 0.1) is 0 Å². The Hall–Kier alpha value is -1.16. The largest absolute Gasteiger partial charge is 0.345 e. The van der Waals surface area contributed by atoms with Crippen LogP contribution in [0.5, 0.6) is 0 Å². The van der Waals surface area contributed by atoms with E-state index in [1.807, 2.05) is 0 Å². The van der Waals surface area contributed by atoms with Crippen molar-refractivity contribution in [2.24, 2.45) is 0 Å². The van der Waals surface area contributed by atoms with Crippen LogP contribution < -0.4 is 0 Å². The first-order valence-electron chi connectivity index (χ1n) is 5.58. The summed E-state index contributed by atoms with van der Waals surface area (Å²) in [7, 11) is 0. The van der Waals surface area contributed by atoms with E-state index in [9.17, 15) is 0 Å². The number of halogens is 1. The third kappa shape index (κ3) is 1.38. The lowest BCUT2D eigenvalue weighted by Crippen LogP contribution is -1.81. The van der Waals surface area contributed by atoms with Crippen LogP contribution in [0.2, 0.25) is 0 Å². The second-order valence-electron chi connectivity index (χ2n) is 1.96. The second-order valence-corrected chi connectivity index (χ2v) is 2.71. The van der Waals surface area contributed by atoms with E-state index < -0.39 is 0 Å². The van der Waals surface area contributed by atoms with Gasteiger partial charge in [-0.1, -0.05) is 0 Å². The van der Waals surface area contributed by atoms with E-state index in [0.717, 1.165) is 0 Å². The maximum absolute atomic E-state index is 7.73. The SMILES string of the molecule is [2H]c1nc(-c2c([2H])nc(Br)c([2H])c2[2H])[nH]c1[2H]. The molecule has 2 heterocycles. The zero-order valence-electron chi connectivity index (χ0n) is 10.8. The Morgan fingerprint density at radius 2 is 2.33 bits per heavy atom. The summed E-state index contributed by atoms with van der Waals surface area (Å²) in [6, 6.07) is -0.379. The molecule has 0 fully saturated rings. The lowest BCUT2D eigenvalue weighted by Gasteiger charge is -1.94. The molecule has 0 saturated carbocycles. The average Bonchev–Trinajstić information content (AvgIpc) is 2.56. The number of nitrogens with one attached hydrogen (secondary N) is 1. The van der Waals surface area contributed by atoms with Gasteiger partial charge in [0.05, 0.1) is 6.85 Å². The number of nitrogens with zero attached hydrogens (tertiary/aromatic N) is 2. The van der Waals surface area contributed by atoms with Crippen molar-refractivity contribution >= 4 is 15.9 Å². The number of aromatic nitrogens is 3. The highest BCUT2D eigenvalue weighted by Crippen LogP contribution is 2.14. The Bertz CT molecular complexity index is 578. The van der Waals surface area contributed by atoms with Crippen molar-refractivity contribution in [3.8, 4) is 11.4 Å². The van der Waals surface area contributed by atoms with Crippen molar-refractivity contribution in [3.05, 3.63) is 35.2 Å². The van der Waals surface area contributed by atoms with Crippen LogP contribution in [0.4, 0.5) is 0 Å². The maximum atomic E-state index is 7.73. The molecule has 4 heteroatoms. The van der Waals surface area contributed by atoms with E-state index in [1.165, 1.54) is 0 Å². The highest BCUT2D eigenvalue weighted by Gasteiger charge is 1.98. The number of hydrogen-bond acceptors (Lipinski definition) is 2. The number of aromatic amines is 1. The first-order chi connectivity index (χ1) is 7.91. The molecule has 0 bridgehead atoms. The zero-order chi connectivity index (χ0) is 12.7. The first kappa shape index (κ1) is 3.70. The molecule has 0 aliphatic rings. The summed E-state index contributed by atoms with van der Waals surface area (Å²) in [6.45, 7) is 0. The van der Waals surface area contributed by atoms with Gasteiger partial charge in [-0.15, -0.1) is 0 Å². The zero-order valence-corrected chi connectivity index (χ0v) is 7.36. The fourth-order valence-electron chi connectivity index (χ4n) is 0.704. The lowest BCUT2D eigenvalue weighted by molar-refractivity contribution is 1.24. The maximum Gasteiger partial charge on any atom is 0.138 e. The van der Waals surface area contributed by atoms with Crippen LogP contribution >= 0.6 is 15.9 Å². The molecule has 12 heavy (non-hydrogen) atoms. The van der Waals surface area contributed by atoms with Gasteiger partial charge in [-0.05, 0) is 28.0 Å². The van der Waals surface area contributed by atoms with Crippen molar-refractivity contribution in [1.29, 1.82) is 0 Å². The normalized spacial score (nSPS) is 15.9. The summed E-state index contributed by atoms with van der Waals surface area (Å²) in [6.07, 6.45) is -0.701. The van der Waals surface area contributed by atoms with Gasteiger partial charge in [-0.25, -0.2) is 9.97 Å². The number of rotatable bonds is 1. The fraction of sp³-hybridized carbons (Fsp3) is 0. The van der Waals surface area contributed by atoms with E-state index in [1.54, 1.807) is 0 Å². The van der Waals surface area contributed by atoms with E-state index in [0.29, 0.717) is 0 Å². The predicted molar refractivity (Wildman–Crippen MR) is 49.5 cm³/mol. The lowest BCUT2D eigenvalue weighted by atomic mass is 10.3. The van der Waals surface area contributed by atoms with Gasteiger partial charge >= 0.3 is 0 Å². The highest BCUT2D eigenvalue weighted by atomic mass is 79.9. The molecule has 0 aliphatic heterocycles. The third-order valence-corrected chi connectivity index (χ3v) is 1.57. The number of pyridine rings is 1. The molecule has 2 aromatic rings. The molecule has 2 aromatic heterocycles. The van der Waals surface area contributed by atoms with Crippen molar-refractivity contribution in [1.82, 2.24) is 15.0 Å². The summed E-state index contributed by atoms with van der Waals surface area (Å²) >= 11 is 2.98. The predicted octanol–water partition coefficient (Wildman–Crippen LogP) is 2.23. The van der Waals surface area contributed by atoms with Crippen LogP contribution in [-0.4, -0.2) is 15.0 Å². The molecule has 0 aromatic carbocycles.